The van der Waals surface area contributed by atoms with Crippen LogP contribution in [0.4, 0.5) is 10.5 Å². The topological polar surface area (TPSA) is 139 Å². The van der Waals surface area contributed by atoms with Crippen LogP contribution in [-0.4, -0.2) is 39.1 Å². The molecule has 2 amide bonds. The van der Waals surface area contributed by atoms with Crippen LogP contribution in [0.25, 0.3) is 11.1 Å². The van der Waals surface area contributed by atoms with E-state index in [0.29, 0.717) is 35.2 Å². The first-order valence-corrected chi connectivity index (χ1v) is 18.8. The van der Waals surface area contributed by atoms with Crippen molar-refractivity contribution in [1.29, 1.82) is 0 Å². The van der Waals surface area contributed by atoms with Gasteiger partial charge >= 0.3 is 12.0 Å². The number of aliphatic hydroxyl groups excluding tert-OH is 1. The number of rotatable bonds is 13. The van der Waals surface area contributed by atoms with E-state index < -0.39 is 12.3 Å². The molecule has 6 aromatic rings. The Bertz CT molecular complexity index is 2220. The highest BCUT2D eigenvalue weighted by Crippen LogP contribution is 2.40. The van der Waals surface area contributed by atoms with Crippen molar-refractivity contribution >= 4 is 29.4 Å². The third kappa shape index (κ3) is 9.97. The predicted molar refractivity (Wildman–Crippen MR) is 211 cm³/mol. The molecule has 1 aromatic heterocycles. The highest BCUT2D eigenvalue weighted by molar-refractivity contribution is 7.99. The van der Waals surface area contributed by atoms with Crippen molar-refractivity contribution in [2.24, 2.45) is 0 Å². The largest absolute Gasteiger partial charge is 0.478 e. The number of carbonyl (C=O) groups is 2. The van der Waals surface area contributed by atoms with Crippen LogP contribution in [0.3, 0.4) is 0 Å². The fourth-order valence-corrected chi connectivity index (χ4v) is 7.18. The summed E-state index contributed by atoms with van der Waals surface area (Å²) in [5.74, 6) is 0.849. The van der Waals surface area contributed by atoms with Gasteiger partial charge in [-0.25, -0.2) is 14.6 Å². The van der Waals surface area contributed by atoms with Gasteiger partial charge in [0, 0.05) is 36.2 Å². The quantitative estimate of drug-likeness (QED) is 0.0850. The fourth-order valence-electron chi connectivity index (χ4n) is 6.18. The van der Waals surface area contributed by atoms with Crippen molar-refractivity contribution in [2.45, 2.75) is 43.1 Å². The maximum absolute atomic E-state index is 12.8. The van der Waals surface area contributed by atoms with E-state index in [9.17, 15) is 19.8 Å². The Balaban J connectivity index is 1.01. The molecule has 1 aliphatic heterocycles. The average Bonchev–Trinajstić information content (AvgIpc) is 3.23. The smallest absolute Gasteiger partial charge is 0.338 e. The van der Waals surface area contributed by atoms with Gasteiger partial charge in [-0.05, 0) is 88.5 Å². The number of ether oxygens (including phenoxy) is 3. The Morgan fingerprint density at radius 3 is 2.27 bits per heavy atom. The van der Waals surface area contributed by atoms with Gasteiger partial charge in [0.25, 0.3) is 0 Å². The van der Waals surface area contributed by atoms with Gasteiger partial charge in [0.05, 0.1) is 24.4 Å². The van der Waals surface area contributed by atoms with Crippen LogP contribution >= 0.6 is 11.8 Å². The van der Waals surface area contributed by atoms with Crippen LogP contribution in [-0.2, 0) is 22.6 Å². The number of aromatic nitrogens is 1. The molecule has 0 unspecified atom stereocenters. The zero-order valence-electron chi connectivity index (χ0n) is 29.7. The minimum absolute atomic E-state index is 0.0511. The van der Waals surface area contributed by atoms with Gasteiger partial charge in [-0.2, -0.15) is 0 Å². The number of benzene rings is 5. The van der Waals surface area contributed by atoms with Crippen molar-refractivity contribution in [3.05, 3.63) is 174 Å². The predicted octanol–water partition coefficient (Wildman–Crippen LogP) is 9.39. The molecular weight excluding hydrogens is 715 g/mol. The number of nitrogens with zero attached hydrogens (tertiary/aromatic N) is 1. The molecule has 0 bridgehead atoms. The van der Waals surface area contributed by atoms with Crippen LogP contribution in [0.1, 0.15) is 51.4 Å². The van der Waals surface area contributed by atoms with E-state index in [1.165, 1.54) is 11.8 Å². The second kappa shape index (κ2) is 17.9. The summed E-state index contributed by atoms with van der Waals surface area (Å²) in [6.07, 6.45) is 0.858. The van der Waals surface area contributed by atoms with Crippen LogP contribution < -0.4 is 15.4 Å². The summed E-state index contributed by atoms with van der Waals surface area (Å²) in [5, 5.41) is 25.5. The summed E-state index contributed by atoms with van der Waals surface area (Å²) in [5.41, 5.74) is 6.23. The van der Waals surface area contributed by atoms with Crippen molar-refractivity contribution < 1.29 is 34.0 Å². The van der Waals surface area contributed by atoms with Gasteiger partial charge in [-0.15, -0.1) is 11.8 Å². The molecule has 7 rings (SSSR count). The van der Waals surface area contributed by atoms with E-state index in [0.717, 1.165) is 39.1 Å². The number of carboxylic acid groups (broad SMARTS) is 1. The van der Waals surface area contributed by atoms with Gasteiger partial charge in [0.1, 0.15) is 16.5 Å². The zero-order chi connectivity index (χ0) is 38.0. The Hall–Kier alpha value is -5.98. The number of pyridine rings is 1. The third-order valence-corrected chi connectivity index (χ3v) is 10.1. The highest BCUT2D eigenvalue weighted by Gasteiger charge is 2.33. The van der Waals surface area contributed by atoms with Crippen molar-refractivity contribution in [3.8, 4) is 22.6 Å². The van der Waals surface area contributed by atoms with Gasteiger partial charge in [0.15, 0.2) is 6.29 Å². The maximum Gasteiger partial charge on any atom is 0.338 e. The molecule has 1 aliphatic rings. The minimum atomic E-state index is -1.03. The van der Waals surface area contributed by atoms with E-state index in [1.807, 2.05) is 103 Å². The van der Waals surface area contributed by atoms with Gasteiger partial charge in [-0.3, -0.25) is 0 Å². The zero-order valence-corrected chi connectivity index (χ0v) is 30.5. The molecule has 278 valence electrons. The molecule has 3 atom stereocenters. The summed E-state index contributed by atoms with van der Waals surface area (Å²) >= 11 is 1.35. The van der Waals surface area contributed by atoms with Crippen molar-refractivity contribution in [2.75, 3.05) is 11.1 Å². The Kier molecular flexibility index (Phi) is 12.2. The third-order valence-electron chi connectivity index (χ3n) is 8.99. The number of anilines is 1. The second-order valence-corrected chi connectivity index (χ2v) is 13.9. The molecule has 4 N–H and O–H groups in total. The standard InChI is InChI=1S/C44H39N3O7S/c48-27-29-14-16-31(17-15-29)40-25-38(28-55-41-39(42(49)50)13-6-22-45-41)53-43(54-40)34-10-5-9-33(24-34)32-8-4-7-30(23-32)26-46-44(51)47-35-18-20-37(21-19-35)52-36-11-2-1-3-12-36/h1-24,38,40,43,48H,25-28H2,(H,49,50)(H2,46,47,51)/t38-,40+,43+/m1/s1. The number of hydrogen-bond acceptors (Lipinski definition) is 8. The molecular formula is C44H39N3O7S. The fraction of sp³-hybridized carbons (Fsp3) is 0.159. The van der Waals surface area contributed by atoms with E-state index in [1.54, 1.807) is 42.6 Å². The normalized spacial score (nSPS) is 16.6. The van der Waals surface area contributed by atoms with E-state index in [-0.39, 0.29) is 30.4 Å². The van der Waals surface area contributed by atoms with Crippen LogP contribution in [0, 0.1) is 0 Å². The number of carbonyl (C=O) groups excluding carboxylic acids is 1. The van der Waals surface area contributed by atoms with Crippen molar-refractivity contribution in [1.82, 2.24) is 10.3 Å². The number of aromatic carboxylic acids is 1. The highest BCUT2D eigenvalue weighted by atomic mass is 32.2. The molecule has 11 heteroatoms. The van der Waals surface area contributed by atoms with Gasteiger partial charge < -0.3 is 35.1 Å². The van der Waals surface area contributed by atoms with E-state index in [2.05, 4.69) is 15.6 Å². The summed E-state index contributed by atoms with van der Waals surface area (Å²) in [6, 6.07) is 43.1. The molecule has 55 heavy (non-hydrogen) atoms. The molecule has 5 aromatic carbocycles. The molecule has 0 radical (unpaired) electrons. The first kappa shape index (κ1) is 37.3. The Morgan fingerprint density at radius 2 is 1.51 bits per heavy atom. The van der Waals surface area contributed by atoms with Crippen LogP contribution in [0.2, 0.25) is 0 Å². The summed E-state index contributed by atoms with van der Waals surface area (Å²) in [4.78, 5) is 28.9. The number of thioether (sulfide) groups is 1. The lowest BCUT2D eigenvalue weighted by molar-refractivity contribution is -0.245. The molecule has 0 spiro atoms. The SMILES string of the molecule is O=C(NCc1cccc(-c2cccc([C@H]3O[C@@H](CSc4ncccc4C(=O)O)C[C@@H](c4ccc(CO)cc4)O3)c2)c1)Nc1ccc(Oc2ccccc2)cc1. The van der Waals surface area contributed by atoms with Crippen molar-refractivity contribution in [3.63, 3.8) is 0 Å². The molecule has 0 aliphatic carbocycles. The molecule has 0 saturated carbocycles. The van der Waals surface area contributed by atoms with E-state index >= 15 is 0 Å². The summed E-state index contributed by atoms with van der Waals surface area (Å²) in [6.45, 7) is 0.268. The monoisotopic (exact) mass is 753 g/mol. The van der Waals surface area contributed by atoms with Crippen LogP contribution in [0.15, 0.2) is 151 Å². The lowest BCUT2D eigenvalue weighted by Crippen LogP contribution is -2.31. The Labute approximate surface area is 323 Å². The number of urea groups is 1. The number of amides is 2. The number of carboxylic acids is 1. The number of para-hydroxylation sites is 1. The lowest BCUT2D eigenvalue weighted by Gasteiger charge is -2.36. The van der Waals surface area contributed by atoms with E-state index in [4.69, 9.17) is 14.2 Å². The lowest BCUT2D eigenvalue weighted by atomic mass is 9.99. The van der Waals surface area contributed by atoms with Crippen LogP contribution in [0.5, 0.6) is 11.5 Å². The summed E-state index contributed by atoms with van der Waals surface area (Å²) in [7, 11) is 0. The molecule has 2 heterocycles. The van der Waals surface area contributed by atoms with Gasteiger partial charge in [-0.1, -0.05) is 78.9 Å². The Morgan fingerprint density at radius 1 is 0.764 bits per heavy atom. The minimum Gasteiger partial charge on any atom is -0.478 e. The second-order valence-electron chi connectivity index (χ2n) is 12.9. The number of hydrogen-bond donors (Lipinski definition) is 4. The van der Waals surface area contributed by atoms with Gasteiger partial charge in [0.2, 0.25) is 0 Å². The first-order chi connectivity index (χ1) is 26.9. The number of nitrogens with one attached hydrogen (secondary N) is 2. The summed E-state index contributed by atoms with van der Waals surface area (Å²) < 4.78 is 18.9. The first-order valence-electron chi connectivity index (χ1n) is 17.8. The molecule has 10 nitrogen and oxygen atoms in total. The molecule has 1 saturated heterocycles. The number of aliphatic hydroxyl groups is 1. The average molecular weight is 754 g/mol. The molecule has 1 fully saturated rings. The maximum atomic E-state index is 12.8.